The minimum absolute atomic E-state index is 0.132. The number of rotatable bonds is 4. The van der Waals surface area contributed by atoms with Crippen molar-refractivity contribution in [1.29, 1.82) is 5.41 Å². The first-order valence-corrected chi connectivity index (χ1v) is 6.49. The van der Waals surface area contributed by atoms with Crippen molar-refractivity contribution in [3.8, 4) is 0 Å². The van der Waals surface area contributed by atoms with Gasteiger partial charge in [-0.05, 0) is 42.8 Å². The van der Waals surface area contributed by atoms with Crippen LogP contribution in [0.2, 0.25) is 0 Å². The van der Waals surface area contributed by atoms with Gasteiger partial charge in [-0.3, -0.25) is 5.41 Å². The van der Waals surface area contributed by atoms with E-state index < -0.39 is 5.51 Å². The van der Waals surface area contributed by atoms with Gasteiger partial charge in [-0.25, -0.2) is 0 Å². The van der Waals surface area contributed by atoms with Crippen LogP contribution in [-0.2, 0) is 6.54 Å². The maximum atomic E-state index is 12.5. The van der Waals surface area contributed by atoms with E-state index in [0.717, 1.165) is 5.56 Å². The van der Waals surface area contributed by atoms with Crippen molar-refractivity contribution in [2.45, 2.75) is 30.8 Å². The predicted molar refractivity (Wildman–Crippen MR) is 71.1 cm³/mol. The van der Waals surface area contributed by atoms with E-state index in [2.05, 4.69) is 0 Å². The Balaban J connectivity index is 3.02. The lowest BCUT2D eigenvalue weighted by Crippen LogP contribution is -2.35. The normalized spacial score (nSPS) is 11.4. The SMILES string of the molecule is CCN(Cc1ccc(C)cc1SC(F)(F)F)C(=N)N. The molecule has 0 saturated heterocycles. The quantitative estimate of drug-likeness (QED) is 0.508. The van der Waals surface area contributed by atoms with E-state index in [4.69, 9.17) is 11.1 Å². The molecule has 0 aliphatic heterocycles. The number of nitrogens with two attached hydrogens (primary N) is 1. The topological polar surface area (TPSA) is 53.1 Å². The van der Waals surface area contributed by atoms with E-state index in [-0.39, 0.29) is 29.2 Å². The number of nitrogens with zero attached hydrogens (tertiary/aromatic N) is 1. The number of aryl methyl sites for hydroxylation is 1. The number of alkyl halides is 3. The van der Waals surface area contributed by atoms with E-state index >= 15 is 0 Å². The summed E-state index contributed by atoms with van der Waals surface area (Å²) in [5.41, 5.74) is 2.34. The zero-order valence-corrected chi connectivity index (χ0v) is 11.5. The van der Waals surface area contributed by atoms with Gasteiger partial charge in [0.15, 0.2) is 5.96 Å². The van der Waals surface area contributed by atoms with E-state index in [9.17, 15) is 13.2 Å². The van der Waals surface area contributed by atoms with Crippen LogP contribution in [0.4, 0.5) is 13.2 Å². The summed E-state index contributed by atoms with van der Waals surface area (Å²) in [5.74, 6) is -0.147. The zero-order chi connectivity index (χ0) is 14.6. The van der Waals surface area contributed by atoms with Crippen molar-refractivity contribution in [1.82, 2.24) is 4.90 Å². The highest BCUT2D eigenvalue weighted by Gasteiger charge is 2.30. The number of halogens is 3. The second-order valence-corrected chi connectivity index (χ2v) is 5.17. The fraction of sp³-hybridized carbons (Fsp3) is 0.417. The highest BCUT2D eigenvalue weighted by Crippen LogP contribution is 2.39. The molecule has 7 heteroatoms. The second-order valence-electron chi connectivity index (χ2n) is 4.06. The molecule has 106 valence electrons. The number of hydrogen-bond acceptors (Lipinski definition) is 2. The molecule has 1 rings (SSSR count). The van der Waals surface area contributed by atoms with Crippen molar-refractivity contribution >= 4 is 17.7 Å². The van der Waals surface area contributed by atoms with Gasteiger partial charge in [0.25, 0.3) is 0 Å². The van der Waals surface area contributed by atoms with Crippen molar-refractivity contribution < 1.29 is 13.2 Å². The Morgan fingerprint density at radius 2 is 2.05 bits per heavy atom. The van der Waals surface area contributed by atoms with Gasteiger partial charge in [0.05, 0.1) is 0 Å². The van der Waals surface area contributed by atoms with Crippen LogP contribution in [-0.4, -0.2) is 22.9 Å². The molecule has 0 unspecified atom stereocenters. The molecule has 0 bridgehead atoms. The maximum absolute atomic E-state index is 12.5. The third-order valence-electron chi connectivity index (χ3n) is 2.53. The summed E-state index contributed by atoms with van der Waals surface area (Å²) in [7, 11) is 0. The van der Waals surface area contributed by atoms with Crippen LogP contribution in [0.1, 0.15) is 18.1 Å². The molecule has 0 heterocycles. The summed E-state index contributed by atoms with van der Waals surface area (Å²) < 4.78 is 37.5. The molecular formula is C12H16F3N3S. The van der Waals surface area contributed by atoms with Gasteiger partial charge in [-0.2, -0.15) is 13.2 Å². The number of guanidine groups is 1. The molecule has 0 fully saturated rings. The van der Waals surface area contributed by atoms with Gasteiger partial charge < -0.3 is 10.6 Å². The molecule has 1 aromatic carbocycles. The van der Waals surface area contributed by atoms with Crippen LogP contribution < -0.4 is 5.73 Å². The monoisotopic (exact) mass is 291 g/mol. The predicted octanol–water partition coefficient (Wildman–Crippen LogP) is 3.32. The lowest BCUT2D eigenvalue weighted by Gasteiger charge is -2.22. The van der Waals surface area contributed by atoms with Crippen LogP contribution in [0.15, 0.2) is 23.1 Å². The molecule has 0 aliphatic carbocycles. The molecule has 0 aliphatic rings. The smallest absolute Gasteiger partial charge is 0.370 e. The van der Waals surface area contributed by atoms with E-state index in [1.165, 1.54) is 11.0 Å². The summed E-state index contributed by atoms with van der Waals surface area (Å²) in [4.78, 5) is 1.66. The molecule has 1 aromatic rings. The summed E-state index contributed by atoms with van der Waals surface area (Å²) in [6, 6.07) is 4.90. The van der Waals surface area contributed by atoms with Crippen LogP contribution >= 0.6 is 11.8 Å². The molecule has 0 saturated carbocycles. The fourth-order valence-corrected chi connectivity index (χ4v) is 2.34. The van der Waals surface area contributed by atoms with Gasteiger partial charge in [0.2, 0.25) is 0 Å². The standard InChI is InChI=1S/C12H16F3N3S/c1-3-18(11(16)17)7-9-5-4-8(2)6-10(9)19-12(13,14)15/h4-6H,3,7H2,1-2H3,(H3,16,17). The highest BCUT2D eigenvalue weighted by atomic mass is 32.2. The third-order valence-corrected chi connectivity index (χ3v) is 3.36. The lowest BCUT2D eigenvalue weighted by molar-refractivity contribution is -0.0328. The molecule has 0 spiro atoms. The molecule has 0 atom stereocenters. The average molecular weight is 291 g/mol. The van der Waals surface area contributed by atoms with E-state index in [1.807, 2.05) is 0 Å². The fourth-order valence-electron chi connectivity index (χ4n) is 1.59. The summed E-state index contributed by atoms with van der Waals surface area (Å²) >= 11 is -0.132. The second kappa shape index (κ2) is 6.18. The highest BCUT2D eigenvalue weighted by molar-refractivity contribution is 8.00. The number of nitrogens with one attached hydrogen (secondary N) is 1. The van der Waals surface area contributed by atoms with Gasteiger partial charge >= 0.3 is 5.51 Å². The molecule has 0 amide bonds. The summed E-state index contributed by atoms with van der Waals surface area (Å²) in [5, 5.41) is 7.37. The largest absolute Gasteiger partial charge is 0.446 e. The van der Waals surface area contributed by atoms with Crippen LogP contribution in [0.5, 0.6) is 0 Å². The van der Waals surface area contributed by atoms with Crippen LogP contribution in [0.3, 0.4) is 0 Å². The lowest BCUT2D eigenvalue weighted by atomic mass is 10.1. The number of thioether (sulfide) groups is 1. The molecule has 3 nitrogen and oxygen atoms in total. The van der Waals surface area contributed by atoms with Crippen LogP contribution in [0, 0.1) is 12.3 Å². The average Bonchev–Trinajstić information content (AvgIpc) is 2.25. The van der Waals surface area contributed by atoms with Gasteiger partial charge in [-0.15, -0.1) is 0 Å². The Hall–Kier alpha value is -1.37. The van der Waals surface area contributed by atoms with Crippen LogP contribution in [0.25, 0.3) is 0 Å². The molecule has 0 aromatic heterocycles. The van der Waals surface area contributed by atoms with E-state index in [1.54, 1.807) is 26.0 Å². The Morgan fingerprint density at radius 3 is 2.53 bits per heavy atom. The van der Waals surface area contributed by atoms with Crippen molar-refractivity contribution in [2.75, 3.05) is 6.54 Å². The Morgan fingerprint density at radius 1 is 1.42 bits per heavy atom. The van der Waals surface area contributed by atoms with Crippen molar-refractivity contribution in [3.05, 3.63) is 29.3 Å². The summed E-state index contributed by atoms with van der Waals surface area (Å²) in [6.45, 7) is 4.21. The molecule has 3 N–H and O–H groups in total. The number of benzene rings is 1. The third kappa shape index (κ3) is 5.02. The first-order chi connectivity index (χ1) is 8.73. The van der Waals surface area contributed by atoms with Gasteiger partial charge in [-0.1, -0.05) is 12.1 Å². The van der Waals surface area contributed by atoms with Crippen molar-refractivity contribution in [3.63, 3.8) is 0 Å². The minimum Gasteiger partial charge on any atom is -0.370 e. The Bertz CT molecular complexity index is 460. The Labute approximate surface area is 114 Å². The van der Waals surface area contributed by atoms with Gasteiger partial charge in [0.1, 0.15) is 0 Å². The van der Waals surface area contributed by atoms with Gasteiger partial charge in [0, 0.05) is 18.0 Å². The zero-order valence-electron chi connectivity index (χ0n) is 10.7. The van der Waals surface area contributed by atoms with E-state index in [0.29, 0.717) is 12.1 Å². The first-order valence-electron chi connectivity index (χ1n) is 5.67. The molecular weight excluding hydrogens is 275 g/mol. The van der Waals surface area contributed by atoms with Crippen molar-refractivity contribution in [2.24, 2.45) is 5.73 Å². The minimum atomic E-state index is -4.32. The summed E-state index contributed by atoms with van der Waals surface area (Å²) in [6.07, 6.45) is 0. The molecule has 0 radical (unpaired) electrons. The Kier molecular flexibility index (Phi) is 5.11. The number of hydrogen-bond donors (Lipinski definition) is 2. The molecule has 19 heavy (non-hydrogen) atoms. The maximum Gasteiger partial charge on any atom is 0.446 e. The first kappa shape index (κ1) is 15.7.